The van der Waals surface area contributed by atoms with Crippen LogP contribution in [-0.2, 0) is 11.3 Å². The third kappa shape index (κ3) is 5.29. The average molecular weight is 486 g/mol. The van der Waals surface area contributed by atoms with Gasteiger partial charge in [0.15, 0.2) is 0 Å². The Bertz CT molecular complexity index is 1270. The van der Waals surface area contributed by atoms with E-state index in [0.717, 1.165) is 60.0 Å². The first kappa shape index (κ1) is 24.5. The Labute approximate surface area is 212 Å². The summed E-state index contributed by atoms with van der Waals surface area (Å²) in [5.74, 6) is 0.628. The number of halogens is 2. The van der Waals surface area contributed by atoms with Crippen molar-refractivity contribution in [3.8, 4) is 11.1 Å². The highest BCUT2D eigenvalue weighted by molar-refractivity contribution is 5.68. The topological polar surface area (TPSA) is 21.3 Å². The Morgan fingerprint density at radius 1 is 0.972 bits per heavy atom. The minimum atomic E-state index is -0.511. The van der Waals surface area contributed by atoms with Crippen LogP contribution in [0.5, 0.6) is 0 Å². The lowest BCUT2D eigenvalue weighted by Gasteiger charge is -2.34. The summed E-state index contributed by atoms with van der Waals surface area (Å²) in [6, 6.07) is 18.9. The summed E-state index contributed by atoms with van der Waals surface area (Å²) in [7, 11) is 0. The lowest BCUT2D eigenvalue weighted by Crippen LogP contribution is -2.34. The predicted molar refractivity (Wildman–Crippen MR) is 142 cm³/mol. The Kier molecular flexibility index (Phi) is 7.33. The van der Waals surface area contributed by atoms with Gasteiger partial charge in [0.2, 0.25) is 0 Å². The standard InChI is InChI=1S/C32H33F2NO/c1-21-7-3-6-10-32(21)36-20-24-8-4-5-9-29(24)23-11-12-28(22(2)15-23)31-19-35-14-13-30(31)25-16-26(33)18-27(34)17-25/h3-6,8-12,15-18,21,30-31,35H,7,13-14,19-20H2,1-2H3. The molecule has 0 bridgehead atoms. The predicted octanol–water partition coefficient (Wildman–Crippen LogP) is 7.80. The largest absolute Gasteiger partial charge is 0.493 e. The molecular formula is C32H33F2NO. The normalized spacial score (nSPS) is 21.8. The van der Waals surface area contributed by atoms with Gasteiger partial charge in [-0.15, -0.1) is 0 Å². The van der Waals surface area contributed by atoms with Crippen molar-refractivity contribution in [3.63, 3.8) is 0 Å². The summed E-state index contributed by atoms with van der Waals surface area (Å²) < 4.78 is 34.2. The molecule has 3 aromatic rings. The van der Waals surface area contributed by atoms with Crippen LogP contribution in [0.15, 0.2) is 84.7 Å². The second kappa shape index (κ2) is 10.8. The van der Waals surface area contributed by atoms with Gasteiger partial charge in [-0.25, -0.2) is 8.78 Å². The molecule has 1 saturated heterocycles. The molecule has 1 aliphatic heterocycles. The van der Waals surface area contributed by atoms with Gasteiger partial charge in [0.1, 0.15) is 18.2 Å². The van der Waals surface area contributed by atoms with E-state index in [2.05, 4.69) is 79.9 Å². The van der Waals surface area contributed by atoms with Crippen molar-refractivity contribution in [1.29, 1.82) is 0 Å². The quantitative estimate of drug-likeness (QED) is 0.385. The SMILES string of the molecule is Cc1cc(-c2ccccc2COC2=CC=CCC2C)ccc1C1CNCCC1c1cc(F)cc(F)c1. The fourth-order valence-electron chi connectivity index (χ4n) is 5.64. The lowest BCUT2D eigenvalue weighted by atomic mass is 9.76. The molecule has 2 aliphatic rings. The first-order chi connectivity index (χ1) is 17.5. The number of hydrogen-bond donors (Lipinski definition) is 1. The minimum Gasteiger partial charge on any atom is -0.493 e. The van der Waals surface area contributed by atoms with E-state index in [9.17, 15) is 8.78 Å². The maximum atomic E-state index is 14.0. The molecule has 1 heterocycles. The van der Waals surface area contributed by atoms with E-state index in [0.29, 0.717) is 12.5 Å². The number of nitrogens with one attached hydrogen (secondary N) is 1. The Morgan fingerprint density at radius 2 is 1.78 bits per heavy atom. The second-order valence-corrected chi connectivity index (χ2v) is 10.1. The summed E-state index contributed by atoms with van der Waals surface area (Å²) in [5, 5.41) is 3.48. The molecule has 1 N–H and O–H groups in total. The summed E-state index contributed by atoms with van der Waals surface area (Å²) in [4.78, 5) is 0. The van der Waals surface area contributed by atoms with Crippen LogP contribution in [-0.4, -0.2) is 13.1 Å². The number of ether oxygens (including phenoxy) is 1. The first-order valence-corrected chi connectivity index (χ1v) is 12.8. The summed E-state index contributed by atoms with van der Waals surface area (Å²) in [5.41, 5.74) is 6.62. The van der Waals surface area contributed by atoms with Crippen molar-refractivity contribution in [2.75, 3.05) is 13.1 Å². The van der Waals surface area contributed by atoms with Crippen molar-refractivity contribution in [2.24, 2.45) is 5.92 Å². The van der Waals surface area contributed by atoms with Crippen LogP contribution in [0.3, 0.4) is 0 Å². The molecular weight excluding hydrogens is 452 g/mol. The highest BCUT2D eigenvalue weighted by atomic mass is 19.1. The number of benzene rings is 3. The van der Waals surface area contributed by atoms with E-state index < -0.39 is 11.6 Å². The molecule has 5 rings (SSSR count). The van der Waals surface area contributed by atoms with E-state index in [-0.39, 0.29) is 11.8 Å². The summed E-state index contributed by atoms with van der Waals surface area (Å²) >= 11 is 0. The number of rotatable bonds is 6. The lowest BCUT2D eigenvalue weighted by molar-refractivity contribution is 0.168. The molecule has 1 aliphatic carbocycles. The molecule has 3 atom stereocenters. The molecule has 0 saturated carbocycles. The third-order valence-electron chi connectivity index (χ3n) is 7.56. The van der Waals surface area contributed by atoms with Crippen LogP contribution in [0, 0.1) is 24.5 Å². The zero-order valence-electron chi connectivity index (χ0n) is 20.9. The van der Waals surface area contributed by atoms with Gasteiger partial charge in [-0.3, -0.25) is 0 Å². The van der Waals surface area contributed by atoms with E-state index in [1.807, 2.05) is 0 Å². The van der Waals surface area contributed by atoms with Crippen molar-refractivity contribution in [3.05, 3.63) is 119 Å². The van der Waals surface area contributed by atoms with Crippen LogP contribution in [0.4, 0.5) is 8.78 Å². The van der Waals surface area contributed by atoms with Crippen LogP contribution in [0.25, 0.3) is 11.1 Å². The monoisotopic (exact) mass is 485 g/mol. The fourth-order valence-corrected chi connectivity index (χ4v) is 5.64. The maximum absolute atomic E-state index is 14.0. The molecule has 0 aromatic heterocycles. The first-order valence-electron chi connectivity index (χ1n) is 12.8. The molecule has 0 radical (unpaired) electrons. The Morgan fingerprint density at radius 3 is 2.56 bits per heavy atom. The van der Waals surface area contributed by atoms with E-state index in [1.54, 1.807) is 0 Å². The van der Waals surface area contributed by atoms with Gasteiger partial charge in [-0.2, -0.15) is 0 Å². The number of aryl methyl sites for hydroxylation is 1. The van der Waals surface area contributed by atoms with Gasteiger partial charge < -0.3 is 10.1 Å². The maximum Gasteiger partial charge on any atom is 0.126 e. The third-order valence-corrected chi connectivity index (χ3v) is 7.56. The Hall–Kier alpha value is -3.24. The van der Waals surface area contributed by atoms with Crippen molar-refractivity contribution in [2.45, 2.75) is 45.1 Å². The van der Waals surface area contributed by atoms with Crippen molar-refractivity contribution >= 4 is 0 Å². The van der Waals surface area contributed by atoms with Gasteiger partial charge >= 0.3 is 0 Å². The van der Waals surface area contributed by atoms with Gasteiger partial charge in [-0.1, -0.05) is 61.5 Å². The summed E-state index contributed by atoms with van der Waals surface area (Å²) in [6.07, 6.45) is 8.16. The highest BCUT2D eigenvalue weighted by Gasteiger charge is 2.29. The average Bonchev–Trinajstić information content (AvgIpc) is 2.88. The van der Waals surface area contributed by atoms with Crippen LogP contribution >= 0.6 is 0 Å². The van der Waals surface area contributed by atoms with Gasteiger partial charge in [0.05, 0.1) is 5.76 Å². The van der Waals surface area contributed by atoms with Crippen LogP contribution in [0.2, 0.25) is 0 Å². The molecule has 2 nitrogen and oxygen atoms in total. The molecule has 36 heavy (non-hydrogen) atoms. The van der Waals surface area contributed by atoms with Gasteiger partial charge in [-0.05, 0) is 83.8 Å². The fraction of sp³-hybridized carbons (Fsp3) is 0.312. The smallest absolute Gasteiger partial charge is 0.126 e. The van der Waals surface area contributed by atoms with Crippen molar-refractivity contribution < 1.29 is 13.5 Å². The molecule has 186 valence electrons. The Balaban J connectivity index is 1.41. The van der Waals surface area contributed by atoms with Gasteiger partial charge in [0, 0.05) is 24.4 Å². The number of allylic oxidation sites excluding steroid dienone is 4. The molecule has 0 spiro atoms. The van der Waals surface area contributed by atoms with E-state index in [4.69, 9.17) is 4.74 Å². The van der Waals surface area contributed by atoms with Gasteiger partial charge in [0.25, 0.3) is 0 Å². The summed E-state index contributed by atoms with van der Waals surface area (Å²) in [6.45, 7) is 6.48. The zero-order valence-corrected chi connectivity index (χ0v) is 20.9. The second-order valence-electron chi connectivity index (χ2n) is 10.1. The molecule has 1 fully saturated rings. The molecule has 3 unspecified atom stereocenters. The van der Waals surface area contributed by atoms with Crippen LogP contribution in [0.1, 0.15) is 53.9 Å². The molecule has 0 amide bonds. The number of piperidine rings is 1. The number of hydrogen-bond acceptors (Lipinski definition) is 2. The van der Waals surface area contributed by atoms with Crippen molar-refractivity contribution in [1.82, 2.24) is 5.32 Å². The molecule has 3 aromatic carbocycles. The van der Waals surface area contributed by atoms with E-state index in [1.165, 1.54) is 23.3 Å². The molecule has 4 heteroatoms. The van der Waals surface area contributed by atoms with E-state index >= 15 is 0 Å². The highest BCUT2D eigenvalue weighted by Crippen LogP contribution is 2.40. The van der Waals surface area contributed by atoms with Crippen LogP contribution < -0.4 is 5.32 Å². The minimum absolute atomic E-state index is 0.0708. The zero-order chi connectivity index (χ0) is 25.1.